The van der Waals surface area contributed by atoms with Crippen LogP contribution in [0.1, 0.15) is 33.6 Å². The maximum Gasteiger partial charge on any atom is 0.278 e. The molecule has 0 aliphatic carbocycles. The average molecular weight is 373 g/mol. The lowest BCUT2D eigenvalue weighted by Crippen LogP contribution is -2.35. The summed E-state index contributed by atoms with van der Waals surface area (Å²) in [5, 5.41) is 14.0. The zero-order chi connectivity index (χ0) is 19.5. The van der Waals surface area contributed by atoms with Crippen LogP contribution in [0.3, 0.4) is 0 Å². The molecule has 142 valence electrons. The topological polar surface area (TPSA) is 73.9 Å². The molecule has 0 fully saturated rings. The van der Waals surface area contributed by atoms with Crippen LogP contribution in [0, 0.1) is 13.8 Å². The highest BCUT2D eigenvalue weighted by Crippen LogP contribution is 2.25. The molecule has 0 bridgehead atoms. The molecule has 2 aromatic carbocycles. The van der Waals surface area contributed by atoms with Gasteiger partial charge in [-0.3, -0.25) is 4.79 Å². The van der Waals surface area contributed by atoms with Crippen molar-refractivity contribution in [2.24, 2.45) is 0 Å². The molecule has 4 rings (SSSR count). The third kappa shape index (κ3) is 3.67. The summed E-state index contributed by atoms with van der Waals surface area (Å²) in [5.74, 6) is 0.328. The smallest absolute Gasteiger partial charge is 0.278 e. The molecule has 1 aromatic heterocycles. The van der Waals surface area contributed by atoms with E-state index < -0.39 is 0 Å². The average Bonchev–Trinajstić information content (AvgIpc) is 3.19. The Balaban J connectivity index is 1.48. The van der Waals surface area contributed by atoms with Crippen LogP contribution in [0.2, 0.25) is 0 Å². The second-order valence-corrected chi connectivity index (χ2v) is 7.04. The minimum atomic E-state index is -0.122. The van der Waals surface area contributed by atoms with Crippen molar-refractivity contribution in [1.82, 2.24) is 20.3 Å². The SMILES string of the molecule is Cc1ccc(Nc2n[nH]nc2C(=O)N2CC=C(c3ccccc3)CC2)cc1C. The summed E-state index contributed by atoms with van der Waals surface area (Å²) in [4.78, 5) is 14.8. The first-order valence-corrected chi connectivity index (χ1v) is 9.40. The largest absolute Gasteiger partial charge is 0.337 e. The van der Waals surface area contributed by atoms with E-state index in [9.17, 15) is 4.79 Å². The van der Waals surface area contributed by atoms with Gasteiger partial charge in [-0.2, -0.15) is 5.21 Å². The first-order chi connectivity index (χ1) is 13.6. The summed E-state index contributed by atoms with van der Waals surface area (Å²) in [7, 11) is 0. The van der Waals surface area contributed by atoms with Gasteiger partial charge in [-0.1, -0.05) is 42.5 Å². The summed E-state index contributed by atoms with van der Waals surface area (Å²) < 4.78 is 0. The molecule has 28 heavy (non-hydrogen) atoms. The fourth-order valence-corrected chi connectivity index (χ4v) is 3.34. The van der Waals surface area contributed by atoms with Crippen molar-refractivity contribution in [1.29, 1.82) is 0 Å². The molecule has 0 spiro atoms. The fraction of sp³-hybridized carbons (Fsp3) is 0.227. The maximum absolute atomic E-state index is 13.0. The third-order valence-electron chi connectivity index (χ3n) is 5.16. The molecule has 6 heteroatoms. The van der Waals surface area contributed by atoms with E-state index in [1.807, 2.05) is 36.4 Å². The van der Waals surface area contributed by atoms with Gasteiger partial charge in [0.05, 0.1) is 0 Å². The number of H-pyrrole nitrogens is 1. The third-order valence-corrected chi connectivity index (χ3v) is 5.16. The number of carbonyl (C=O) groups excluding carboxylic acids is 1. The Morgan fingerprint density at radius 2 is 1.89 bits per heavy atom. The van der Waals surface area contributed by atoms with Crippen molar-refractivity contribution < 1.29 is 4.79 Å². The number of aromatic amines is 1. The number of amides is 1. The molecular formula is C22H23N5O. The van der Waals surface area contributed by atoms with Gasteiger partial charge in [0.15, 0.2) is 11.5 Å². The Bertz CT molecular complexity index is 1020. The Morgan fingerprint density at radius 3 is 2.61 bits per heavy atom. The van der Waals surface area contributed by atoms with Gasteiger partial charge in [0.2, 0.25) is 0 Å². The fourth-order valence-electron chi connectivity index (χ4n) is 3.34. The lowest BCUT2D eigenvalue weighted by atomic mass is 9.99. The Labute approximate surface area is 164 Å². The van der Waals surface area contributed by atoms with E-state index in [1.165, 1.54) is 22.3 Å². The van der Waals surface area contributed by atoms with Gasteiger partial charge in [-0.25, -0.2) is 0 Å². The Kier molecular flexibility index (Phi) is 4.93. The zero-order valence-corrected chi connectivity index (χ0v) is 16.1. The molecule has 0 saturated heterocycles. The Hall–Kier alpha value is -3.41. The molecule has 2 heterocycles. The molecule has 0 saturated carbocycles. The summed E-state index contributed by atoms with van der Waals surface area (Å²) in [6.07, 6.45) is 2.95. The van der Waals surface area contributed by atoms with E-state index in [1.54, 1.807) is 4.90 Å². The molecule has 1 amide bonds. The molecular weight excluding hydrogens is 350 g/mol. The second-order valence-electron chi connectivity index (χ2n) is 7.04. The minimum absolute atomic E-state index is 0.122. The predicted molar refractivity (Wildman–Crippen MR) is 111 cm³/mol. The van der Waals surface area contributed by atoms with Gasteiger partial charge in [-0.15, -0.1) is 10.2 Å². The number of aromatic nitrogens is 3. The first kappa shape index (κ1) is 18.0. The number of benzene rings is 2. The number of aryl methyl sites for hydroxylation is 2. The number of carbonyl (C=O) groups is 1. The number of nitrogens with zero attached hydrogens (tertiary/aromatic N) is 3. The highest BCUT2D eigenvalue weighted by molar-refractivity contribution is 5.97. The van der Waals surface area contributed by atoms with E-state index in [-0.39, 0.29) is 5.91 Å². The number of nitrogens with one attached hydrogen (secondary N) is 2. The molecule has 1 aliphatic heterocycles. The van der Waals surface area contributed by atoms with Crippen molar-refractivity contribution in [2.75, 3.05) is 18.4 Å². The molecule has 3 aromatic rings. The van der Waals surface area contributed by atoms with Gasteiger partial charge >= 0.3 is 0 Å². The van der Waals surface area contributed by atoms with Gasteiger partial charge in [0.1, 0.15) is 0 Å². The first-order valence-electron chi connectivity index (χ1n) is 9.40. The number of hydrogen-bond acceptors (Lipinski definition) is 4. The van der Waals surface area contributed by atoms with Crippen LogP contribution < -0.4 is 5.32 Å². The lowest BCUT2D eigenvalue weighted by Gasteiger charge is -2.26. The normalized spacial score (nSPS) is 13.9. The molecule has 2 N–H and O–H groups in total. The minimum Gasteiger partial charge on any atom is -0.337 e. The summed E-state index contributed by atoms with van der Waals surface area (Å²) in [6, 6.07) is 16.3. The van der Waals surface area contributed by atoms with Crippen LogP contribution >= 0.6 is 0 Å². The van der Waals surface area contributed by atoms with Crippen molar-refractivity contribution >= 4 is 23.0 Å². The maximum atomic E-state index is 13.0. The van der Waals surface area contributed by atoms with E-state index in [2.05, 4.69) is 52.8 Å². The number of hydrogen-bond donors (Lipinski definition) is 2. The van der Waals surface area contributed by atoms with Crippen LogP contribution in [-0.2, 0) is 0 Å². The van der Waals surface area contributed by atoms with Gasteiger partial charge in [0, 0.05) is 18.8 Å². The quantitative estimate of drug-likeness (QED) is 0.722. The van der Waals surface area contributed by atoms with E-state index in [0.29, 0.717) is 24.6 Å². The van der Waals surface area contributed by atoms with Crippen molar-refractivity contribution in [3.8, 4) is 0 Å². The van der Waals surface area contributed by atoms with E-state index >= 15 is 0 Å². The summed E-state index contributed by atoms with van der Waals surface area (Å²) in [5.41, 5.74) is 6.09. The molecule has 0 unspecified atom stereocenters. The van der Waals surface area contributed by atoms with Crippen molar-refractivity contribution in [2.45, 2.75) is 20.3 Å². The number of rotatable bonds is 4. The van der Waals surface area contributed by atoms with Crippen molar-refractivity contribution in [3.63, 3.8) is 0 Å². The van der Waals surface area contributed by atoms with Crippen molar-refractivity contribution in [3.05, 3.63) is 77.0 Å². The Morgan fingerprint density at radius 1 is 1.07 bits per heavy atom. The van der Waals surface area contributed by atoms with Crippen LogP contribution in [0.4, 0.5) is 11.5 Å². The van der Waals surface area contributed by atoms with Gasteiger partial charge in [-0.05, 0) is 54.7 Å². The molecule has 1 aliphatic rings. The van der Waals surface area contributed by atoms with Gasteiger partial charge in [0.25, 0.3) is 5.91 Å². The second kappa shape index (κ2) is 7.68. The van der Waals surface area contributed by atoms with E-state index in [4.69, 9.17) is 0 Å². The predicted octanol–water partition coefficient (Wildman–Crippen LogP) is 4.09. The molecule has 6 nitrogen and oxygen atoms in total. The summed E-state index contributed by atoms with van der Waals surface area (Å²) >= 11 is 0. The summed E-state index contributed by atoms with van der Waals surface area (Å²) in [6.45, 7) is 5.35. The molecule has 0 radical (unpaired) electrons. The standard InChI is InChI=1S/C22H23N5O/c1-15-8-9-19(14-16(15)2)23-21-20(24-26-25-21)22(28)27-12-10-18(11-13-27)17-6-4-3-5-7-17/h3-10,14H,11-13H2,1-2H3,(H2,23,24,25,26). The van der Waals surface area contributed by atoms with Crippen LogP contribution in [0.25, 0.3) is 5.57 Å². The monoisotopic (exact) mass is 373 g/mol. The van der Waals surface area contributed by atoms with Crippen LogP contribution in [0.15, 0.2) is 54.6 Å². The van der Waals surface area contributed by atoms with Gasteiger partial charge < -0.3 is 10.2 Å². The van der Waals surface area contributed by atoms with Crippen LogP contribution in [-0.4, -0.2) is 39.3 Å². The zero-order valence-electron chi connectivity index (χ0n) is 16.1. The molecule has 0 atom stereocenters. The van der Waals surface area contributed by atoms with E-state index in [0.717, 1.165) is 12.1 Å². The lowest BCUT2D eigenvalue weighted by molar-refractivity contribution is 0.0768. The van der Waals surface area contributed by atoms with Crippen LogP contribution in [0.5, 0.6) is 0 Å². The highest BCUT2D eigenvalue weighted by Gasteiger charge is 2.24. The highest BCUT2D eigenvalue weighted by atomic mass is 16.2. The number of anilines is 2.